The number of amides is 1. The van der Waals surface area contributed by atoms with Crippen molar-refractivity contribution in [2.45, 2.75) is 0 Å². The Morgan fingerprint density at radius 3 is 2.55 bits per heavy atom. The Bertz CT molecular complexity index is 672. The number of aromatic nitrogens is 1. The molecule has 0 aliphatic carbocycles. The molecule has 0 atom stereocenters. The maximum atomic E-state index is 14.4. The Morgan fingerprint density at radius 2 is 1.95 bits per heavy atom. The van der Waals surface area contributed by atoms with Gasteiger partial charge in [-0.2, -0.15) is 0 Å². The van der Waals surface area contributed by atoms with Gasteiger partial charge in [-0.05, 0) is 29.8 Å². The predicted octanol–water partition coefficient (Wildman–Crippen LogP) is 1.75. The van der Waals surface area contributed by atoms with Crippen LogP contribution in [0.5, 0.6) is 5.75 Å². The van der Waals surface area contributed by atoms with Gasteiger partial charge in [0.15, 0.2) is 0 Å². The minimum absolute atomic E-state index is 0.136. The monoisotopic (exact) mass is 273 g/mol. The summed E-state index contributed by atoms with van der Waals surface area (Å²) in [5.74, 6) is -2.31. The van der Waals surface area contributed by atoms with Gasteiger partial charge in [0.1, 0.15) is 17.1 Å². The summed E-state index contributed by atoms with van der Waals surface area (Å²) in [6, 6.07) is 5.82. The van der Waals surface area contributed by atoms with Gasteiger partial charge in [-0.25, -0.2) is 4.39 Å². The van der Waals surface area contributed by atoms with Crippen molar-refractivity contribution in [3.63, 3.8) is 0 Å². The van der Waals surface area contributed by atoms with E-state index in [0.717, 1.165) is 0 Å². The van der Waals surface area contributed by atoms with Crippen LogP contribution in [0.15, 0.2) is 49.1 Å². The summed E-state index contributed by atoms with van der Waals surface area (Å²) in [5.41, 5.74) is 5.48. The van der Waals surface area contributed by atoms with E-state index in [0.29, 0.717) is 5.56 Å². The molecule has 0 fully saturated rings. The van der Waals surface area contributed by atoms with Gasteiger partial charge in [0.25, 0.3) is 5.91 Å². The van der Waals surface area contributed by atoms with Gasteiger partial charge in [0.2, 0.25) is 0 Å². The molecule has 0 unspecified atom stereocenters. The molecule has 6 heteroatoms. The van der Waals surface area contributed by atoms with Crippen LogP contribution in [0.4, 0.5) is 4.39 Å². The average Bonchev–Trinajstić information content (AvgIpc) is 2.39. The number of pyridine rings is 1. The van der Waals surface area contributed by atoms with Crippen molar-refractivity contribution in [2.75, 3.05) is 0 Å². The number of nitrogens with zero attached hydrogens (tertiary/aromatic N) is 1. The molecule has 0 radical (unpaired) electrons. The summed E-state index contributed by atoms with van der Waals surface area (Å²) < 4.78 is 14.4. The van der Waals surface area contributed by atoms with Gasteiger partial charge in [0.05, 0.1) is 5.82 Å². The number of hydrogen-bond acceptors (Lipinski definition) is 4. The molecule has 2 rings (SSSR count). The molecule has 0 aliphatic heterocycles. The van der Waals surface area contributed by atoms with E-state index in [1.165, 1.54) is 24.5 Å². The minimum atomic E-state index is -0.858. The van der Waals surface area contributed by atoms with Crippen molar-refractivity contribution < 1.29 is 14.3 Å². The molecule has 20 heavy (non-hydrogen) atoms. The van der Waals surface area contributed by atoms with E-state index in [1.807, 2.05) is 0 Å². The first kappa shape index (κ1) is 13.5. The Morgan fingerprint density at radius 1 is 1.30 bits per heavy atom. The number of phenols is 1. The van der Waals surface area contributed by atoms with Crippen molar-refractivity contribution in [3.05, 3.63) is 60.4 Å². The normalized spacial score (nSPS) is 10.1. The van der Waals surface area contributed by atoms with E-state index in [1.54, 1.807) is 12.1 Å². The first-order chi connectivity index (χ1) is 9.50. The van der Waals surface area contributed by atoms with E-state index in [9.17, 15) is 14.3 Å². The standard InChI is InChI=1S/C14H12FN3O2/c1-8(16)18-14(20)12-11(19)3-2-10(13(12)15)9-4-6-17-7-5-9/h2-7,19H,1,16H2,(H,18,20). The van der Waals surface area contributed by atoms with Gasteiger partial charge in [-0.3, -0.25) is 9.78 Å². The zero-order valence-corrected chi connectivity index (χ0v) is 10.4. The second-order valence-electron chi connectivity index (χ2n) is 4.04. The Kier molecular flexibility index (Phi) is 3.65. The maximum absolute atomic E-state index is 14.4. The number of carbonyl (C=O) groups is 1. The summed E-state index contributed by atoms with van der Waals surface area (Å²) in [5, 5.41) is 11.8. The summed E-state index contributed by atoms with van der Waals surface area (Å²) in [4.78, 5) is 15.7. The fourth-order valence-electron chi connectivity index (χ4n) is 1.74. The lowest BCUT2D eigenvalue weighted by Crippen LogP contribution is -2.27. The summed E-state index contributed by atoms with van der Waals surface area (Å²) in [7, 11) is 0. The van der Waals surface area contributed by atoms with Gasteiger partial charge in [-0.1, -0.05) is 6.58 Å². The van der Waals surface area contributed by atoms with Crippen LogP contribution in [0.3, 0.4) is 0 Å². The van der Waals surface area contributed by atoms with Crippen LogP contribution in [0, 0.1) is 5.82 Å². The maximum Gasteiger partial charge on any atom is 0.263 e. The first-order valence-corrected chi connectivity index (χ1v) is 5.68. The summed E-state index contributed by atoms with van der Waals surface area (Å²) in [6.45, 7) is 3.29. The minimum Gasteiger partial charge on any atom is -0.507 e. The van der Waals surface area contributed by atoms with Gasteiger partial charge in [0, 0.05) is 18.0 Å². The fourth-order valence-corrected chi connectivity index (χ4v) is 1.74. The smallest absolute Gasteiger partial charge is 0.263 e. The molecule has 0 aliphatic rings. The second-order valence-corrected chi connectivity index (χ2v) is 4.04. The molecular formula is C14H12FN3O2. The molecule has 1 amide bonds. The van der Waals surface area contributed by atoms with Crippen molar-refractivity contribution in [2.24, 2.45) is 5.73 Å². The highest BCUT2D eigenvalue weighted by Gasteiger charge is 2.20. The number of aromatic hydroxyl groups is 1. The molecule has 2 aromatic rings. The van der Waals surface area contributed by atoms with Crippen molar-refractivity contribution in [3.8, 4) is 16.9 Å². The number of hydrogen-bond donors (Lipinski definition) is 3. The van der Waals surface area contributed by atoms with Crippen LogP contribution in [0.25, 0.3) is 11.1 Å². The first-order valence-electron chi connectivity index (χ1n) is 5.68. The number of phenolic OH excluding ortho intramolecular Hbond substituents is 1. The van der Waals surface area contributed by atoms with E-state index in [2.05, 4.69) is 16.9 Å². The van der Waals surface area contributed by atoms with Crippen LogP contribution in [-0.4, -0.2) is 16.0 Å². The lowest BCUT2D eigenvalue weighted by molar-refractivity contribution is 0.0959. The summed E-state index contributed by atoms with van der Waals surface area (Å²) >= 11 is 0. The van der Waals surface area contributed by atoms with E-state index >= 15 is 0 Å². The number of rotatable bonds is 3. The van der Waals surface area contributed by atoms with Crippen molar-refractivity contribution in [1.82, 2.24) is 10.3 Å². The number of nitrogens with two attached hydrogens (primary N) is 1. The third kappa shape index (κ3) is 2.59. The predicted molar refractivity (Wildman–Crippen MR) is 72.1 cm³/mol. The van der Waals surface area contributed by atoms with Crippen LogP contribution in [0.1, 0.15) is 10.4 Å². The molecule has 0 bridgehead atoms. The van der Waals surface area contributed by atoms with Crippen molar-refractivity contribution >= 4 is 5.91 Å². The van der Waals surface area contributed by atoms with Gasteiger partial charge in [-0.15, -0.1) is 0 Å². The molecule has 4 N–H and O–H groups in total. The van der Waals surface area contributed by atoms with Crippen LogP contribution in [0.2, 0.25) is 0 Å². The Hall–Kier alpha value is -2.89. The third-order valence-corrected chi connectivity index (χ3v) is 2.61. The number of benzene rings is 1. The number of halogens is 1. The molecule has 5 nitrogen and oxygen atoms in total. The highest BCUT2D eigenvalue weighted by molar-refractivity contribution is 5.99. The number of nitrogens with one attached hydrogen (secondary N) is 1. The lowest BCUT2D eigenvalue weighted by Gasteiger charge is -2.10. The molecular weight excluding hydrogens is 261 g/mol. The summed E-state index contributed by atoms with van der Waals surface area (Å²) in [6.07, 6.45) is 3.01. The van der Waals surface area contributed by atoms with Gasteiger partial charge < -0.3 is 16.2 Å². The fraction of sp³-hybridized carbons (Fsp3) is 0. The average molecular weight is 273 g/mol. The van der Waals surface area contributed by atoms with Crippen LogP contribution >= 0.6 is 0 Å². The molecule has 0 spiro atoms. The molecule has 1 aromatic carbocycles. The quantitative estimate of drug-likeness (QED) is 0.795. The zero-order chi connectivity index (χ0) is 14.7. The molecule has 102 valence electrons. The highest BCUT2D eigenvalue weighted by atomic mass is 19.1. The molecule has 0 saturated carbocycles. The molecule has 1 heterocycles. The van der Waals surface area contributed by atoms with E-state index in [4.69, 9.17) is 5.73 Å². The highest BCUT2D eigenvalue weighted by Crippen LogP contribution is 2.30. The van der Waals surface area contributed by atoms with Gasteiger partial charge >= 0.3 is 0 Å². The second kappa shape index (κ2) is 5.40. The van der Waals surface area contributed by atoms with Crippen LogP contribution < -0.4 is 11.1 Å². The Labute approximate surface area is 114 Å². The molecule has 1 aromatic heterocycles. The Balaban J connectivity index is 2.54. The zero-order valence-electron chi connectivity index (χ0n) is 10.4. The van der Waals surface area contributed by atoms with Crippen LogP contribution in [-0.2, 0) is 0 Å². The van der Waals surface area contributed by atoms with E-state index < -0.39 is 23.0 Å². The topological polar surface area (TPSA) is 88.2 Å². The largest absolute Gasteiger partial charge is 0.507 e. The van der Waals surface area contributed by atoms with E-state index in [-0.39, 0.29) is 11.4 Å². The lowest BCUT2D eigenvalue weighted by atomic mass is 10.0. The van der Waals surface area contributed by atoms with Crippen molar-refractivity contribution in [1.29, 1.82) is 0 Å². The third-order valence-electron chi connectivity index (χ3n) is 2.61. The molecule has 0 saturated heterocycles. The SMILES string of the molecule is C=C(N)NC(=O)c1c(O)ccc(-c2ccncc2)c1F. The number of carbonyl (C=O) groups excluding carboxylic acids is 1.